The van der Waals surface area contributed by atoms with E-state index in [1.807, 2.05) is 0 Å². The number of amides is 1. The number of ether oxygens (including phenoxy) is 1. The number of aromatic nitrogens is 2. The van der Waals surface area contributed by atoms with Gasteiger partial charge in [0.15, 0.2) is 5.69 Å². The first-order valence-electron chi connectivity index (χ1n) is 8.19. The van der Waals surface area contributed by atoms with Gasteiger partial charge in [0.2, 0.25) is 0 Å². The normalized spacial score (nSPS) is 14.3. The Balaban J connectivity index is 1.99. The number of rotatable bonds is 4. The van der Waals surface area contributed by atoms with Crippen LogP contribution in [0.5, 0.6) is 0 Å². The van der Waals surface area contributed by atoms with Gasteiger partial charge in [0.25, 0.3) is 12.3 Å². The smallest absolute Gasteiger partial charge is 0.376 e. The van der Waals surface area contributed by atoms with Crippen molar-refractivity contribution in [3.8, 4) is 5.69 Å². The van der Waals surface area contributed by atoms with Crippen LogP contribution in [-0.2, 0) is 23.9 Å². The highest BCUT2D eigenvalue weighted by Gasteiger charge is 2.40. The van der Waals surface area contributed by atoms with Gasteiger partial charge in [0, 0.05) is 25.1 Å². The van der Waals surface area contributed by atoms with Gasteiger partial charge in [-0.3, -0.25) is 4.79 Å². The second-order valence-corrected chi connectivity index (χ2v) is 6.23. The van der Waals surface area contributed by atoms with Crippen LogP contribution in [0.25, 0.3) is 5.69 Å². The van der Waals surface area contributed by atoms with E-state index in [1.54, 1.807) is 0 Å². The van der Waals surface area contributed by atoms with Crippen molar-refractivity contribution in [2.24, 2.45) is 0 Å². The Kier molecular flexibility index (Phi) is 5.37. The molecule has 0 fully saturated rings. The number of carbonyl (C=O) groups is 1. The van der Waals surface area contributed by atoms with Gasteiger partial charge in [-0.05, 0) is 12.1 Å². The van der Waals surface area contributed by atoms with Crippen LogP contribution in [0.2, 0.25) is 0 Å². The quantitative estimate of drug-likeness (QED) is 0.730. The average Bonchev–Trinajstić information content (AvgIpc) is 3.00. The van der Waals surface area contributed by atoms with Crippen LogP contribution in [0.4, 0.5) is 26.3 Å². The van der Waals surface area contributed by atoms with Crippen molar-refractivity contribution in [3.63, 3.8) is 0 Å². The van der Waals surface area contributed by atoms with Gasteiger partial charge in [-0.15, -0.1) is 0 Å². The van der Waals surface area contributed by atoms with Crippen LogP contribution < -0.4 is 0 Å². The molecule has 0 saturated carbocycles. The predicted molar refractivity (Wildman–Crippen MR) is 84.8 cm³/mol. The minimum absolute atomic E-state index is 0.0146. The van der Waals surface area contributed by atoms with Crippen molar-refractivity contribution in [2.45, 2.75) is 25.6 Å². The number of halogens is 6. The third kappa shape index (κ3) is 3.84. The minimum Gasteiger partial charge on any atom is -0.376 e. The summed E-state index contributed by atoms with van der Waals surface area (Å²) in [5.74, 6) is -2.01. The molecular weight excluding hydrogens is 392 g/mol. The number of fused-ring (bicyclic) bond motifs is 1. The molecule has 0 radical (unpaired) electrons. The SMILES string of the molecule is CN(CC(F)F)C(=O)c1ccc(-n2nc(C(F)(F)F)c3c2CCOC3)cc1F. The lowest BCUT2D eigenvalue weighted by Gasteiger charge is -2.18. The topological polar surface area (TPSA) is 47.4 Å². The van der Waals surface area contributed by atoms with Gasteiger partial charge in [0.05, 0.1) is 36.7 Å². The van der Waals surface area contributed by atoms with Crippen LogP contribution in [0, 0.1) is 5.82 Å². The van der Waals surface area contributed by atoms with Gasteiger partial charge in [-0.1, -0.05) is 0 Å². The van der Waals surface area contributed by atoms with E-state index in [0.29, 0.717) is 4.90 Å². The van der Waals surface area contributed by atoms with Crippen molar-refractivity contribution in [1.29, 1.82) is 0 Å². The lowest BCUT2D eigenvalue weighted by Crippen LogP contribution is -2.31. The Morgan fingerprint density at radius 1 is 1.36 bits per heavy atom. The zero-order chi connectivity index (χ0) is 20.6. The van der Waals surface area contributed by atoms with Gasteiger partial charge < -0.3 is 9.64 Å². The number of hydrogen-bond donors (Lipinski definition) is 0. The van der Waals surface area contributed by atoms with E-state index in [4.69, 9.17) is 4.74 Å². The maximum absolute atomic E-state index is 14.4. The molecule has 0 saturated heterocycles. The van der Waals surface area contributed by atoms with E-state index in [9.17, 15) is 31.1 Å². The highest BCUT2D eigenvalue weighted by molar-refractivity contribution is 5.94. The van der Waals surface area contributed by atoms with E-state index < -0.39 is 42.1 Å². The lowest BCUT2D eigenvalue weighted by atomic mass is 10.1. The number of alkyl halides is 5. The summed E-state index contributed by atoms with van der Waals surface area (Å²) in [5.41, 5.74) is -1.46. The Hall–Kier alpha value is -2.56. The molecule has 1 amide bonds. The molecule has 1 aliphatic heterocycles. The molecule has 2 heterocycles. The maximum atomic E-state index is 14.4. The molecule has 0 unspecified atom stereocenters. The molecular formula is C17H15F6N3O2. The Bertz CT molecular complexity index is 894. The second kappa shape index (κ2) is 7.46. The molecule has 0 spiro atoms. The molecule has 1 aromatic heterocycles. The predicted octanol–water partition coefficient (Wildman–Crippen LogP) is 3.44. The first kappa shape index (κ1) is 20.2. The first-order chi connectivity index (χ1) is 13.1. The standard InChI is InChI=1S/C17H15F6N3O2/c1-25(7-14(19)20)16(27)10-3-2-9(6-12(10)18)26-13-4-5-28-8-11(13)15(24-26)17(21,22)23/h2-3,6,14H,4-5,7-8H2,1H3. The van der Waals surface area contributed by atoms with Crippen LogP contribution in [0.3, 0.4) is 0 Å². The van der Waals surface area contributed by atoms with Crippen molar-refractivity contribution in [1.82, 2.24) is 14.7 Å². The highest BCUT2D eigenvalue weighted by atomic mass is 19.4. The fourth-order valence-electron chi connectivity index (χ4n) is 2.98. The zero-order valence-electron chi connectivity index (χ0n) is 14.6. The third-order valence-electron chi connectivity index (χ3n) is 4.27. The molecule has 5 nitrogen and oxygen atoms in total. The summed E-state index contributed by atoms with van der Waals surface area (Å²) in [6, 6.07) is 3.11. The maximum Gasteiger partial charge on any atom is 0.435 e. The van der Waals surface area contributed by atoms with Crippen molar-refractivity contribution < 1.29 is 35.9 Å². The molecule has 0 aliphatic carbocycles. The van der Waals surface area contributed by atoms with E-state index in [2.05, 4.69) is 5.10 Å². The fraction of sp³-hybridized carbons (Fsp3) is 0.412. The molecule has 0 bridgehead atoms. The van der Waals surface area contributed by atoms with Crippen molar-refractivity contribution >= 4 is 5.91 Å². The molecule has 1 aromatic carbocycles. The number of benzene rings is 1. The summed E-state index contributed by atoms with van der Waals surface area (Å²) in [6.07, 6.45) is -7.34. The molecule has 152 valence electrons. The Labute approximate surface area is 155 Å². The summed E-state index contributed by atoms with van der Waals surface area (Å²) < 4.78 is 85.0. The fourth-order valence-corrected chi connectivity index (χ4v) is 2.98. The Morgan fingerprint density at radius 3 is 2.68 bits per heavy atom. The first-order valence-corrected chi connectivity index (χ1v) is 8.19. The summed E-state index contributed by atoms with van der Waals surface area (Å²) >= 11 is 0. The van der Waals surface area contributed by atoms with Crippen molar-refractivity contribution in [3.05, 3.63) is 46.5 Å². The van der Waals surface area contributed by atoms with Crippen molar-refractivity contribution in [2.75, 3.05) is 20.2 Å². The monoisotopic (exact) mass is 407 g/mol. The Morgan fingerprint density at radius 2 is 2.07 bits per heavy atom. The number of carbonyl (C=O) groups excluding carboxylic acids is 1. The summed E-state index contributed by atoms with van der Waals surface area (Å²) in [4.78, 5) is 12.7. The van der Waals surface area contributed by atoms with Gasteiger partial charge in [-0.25, -0.2) is 17.9 Å². The average molecular weight is 407 g/mol. The minimum atomic E-state index is -4.71. The van der Waals surface area contributed by atoms with Crippen LogP contribution in [-0.4, -0.2) is 47.2 Å². The molecule has 3 rings (SSSR count). The number of hydrogen-bond acceptors (Lipinski definition) is 3. The number of nitrogens with zero attached hydrogens (tertiary/aromatic N) is 3. The third-order valence-corrected chi connectivity index (χ3v) is 4.27. The van der Waals surface area contributed by atoms with E-state index in [0.717, 1.165) is 23.9 Å². The van der Waals surface area contributed by atoms with E-state index in [1.165, 1.54) is 6.07 Å². The van der Waals surface area contributed by atoms with Gasteiger partial charge in [0.1, 0.15) is 5.82 Å². The summed E-state index contributed by atoms with van der Waals surface area (Å²) in [7, 11) is 1.10. The van der Waals surface area contributed by atoms with Crippen LogP contribution in [0.15, 0.2) is 18.2 Å². The van der Waals surface area contributed by atoms with Crippen LogP contribution >= 0.6 is 0 Å². The lowest BCUT2D eigenvalue weighted by molar-refractivity contribution is -0.142. The summed E-state index contributed by atoms with van der Waals surface area (Å²) in [6.45, 7) is -0.948. The van der Waals surface area contributed by atoms with Gasteiger partial charge in [-0.2, -0.15) is 18.3 Å². The molecule has 2 aromatic rings. The van der Waals surface area contributed by atoms with Gasteiger partial charge >= 0.3 is 6.18 Å². The summed E-state index contributed by atoms with van der Waals surface area (Å²) in [5, 5.41) is 3.57. The molecule has 1 aliphatic rings. The van der Waals surface area contributed by atoms with Crippen LogP contribution in [0.1, 0.15) is 27.3 Å². The zero-order valence-corrected chi connectivity index (χ0v) is 14.6. The largest absolute Gasteiger partial charge is 0.435 e. The molecule has 28 heavy (non-hydrogen) atoms. The second-order valence-electron chi connectivity index (χ2n) is 6.23. The van der Waals surface area contributed by atoms with E-state index >= 15 is 0 Å². The van der Waals surface area contributed by atoms with E-state index in [-0.39, 0.29) is 36.6 Å². The highest BCUT2D eigenvalue weighted by Crippen LogP contribution is 2.35. The molecule has 0 atom stereocenters. The molecule has 0 N–H and O–H groups in total. The molecule has 11 heteroatoms.